The molecular formula is C20H27N5O. The van der Waals surface area contributed by atoms with Crippen molar-refractivity contribution in [1.29, 1.82) is 0 Å². The van der Waals surface area contributed by atoms with Crippen molar-refractivity contribution in [3.05, 3.63) is 30.1 Å². The van der Waals surface area contributed by atoms with Crippen molar-refractivity contribution in [3.63, 3.8) is 0 Å². The second kappa shape index (κ2) is 7.96. The maximum atomic E-state index is 12.6. The van der Waals surface area contributed by atoms with E-state index >= 15 is 0 Å². The minimum Gasteiger partial charge on any atom is -0.345 e. The van der Waals surface area contributed by atoms with Crippen LogP contribution in [0, 0.1) is 18.3 Å². The molecule has 0 spiro atoms. The molecule has 0 unspecified atom stereocenters. The van der Waals surface area contributed by atoms with E-state index in [2.05, 4.69) is 39.1 Å². The maximum Gasteiger partial charge on any atom is 0.222 e. The Morgan fingerprint density at radius 3 is 2.92 bits per heavy atom. The zero-order chi connectivity index (χ0) is 18.6. The van der Waals surface area contributed by atoms with Gasteiger partial charge >= 0.3 is 0 Å². The Hall–Kier alpha value is -2.26. The van der Waals surface area contributed by atoms with Crippen molar-refractivity contribution in [2.75, 3.05) is 27.2 Å². The lowest BCUT2D eigenvalue weighted by Gasteiger charge is -2.29. The van der Waals surface area contributed by atoms with E-state index in [1.54, 1.807) is 6.20 Å². The van der Waals surface area contributed by atoms with Gasteiger partial charge in [0, 0.05) is 57.7 Å². The maximum absolute atomic E-state index is 12.6. The highest BCUT2D eigenvalue weighted by Gasteiger charge is 2.40. The number of amides is 1. The van der Waals surface area contributed by atoms with E-state index in [0.717, 1.165) is 25.9 Å². The summed E-state index contributed by atoms with van der Waals surface area (Å²) in [5.74, 6) is 3.20. The first-order valence-electron chi connectivity index (χ1n) is 9.26. The van der Waals surface area contributed by atoms with E-state index in [4.69, 9.17) is 6.42 Å². The van der Waals surface area contributed by atoms with Crippen LogP contribution in [-0.4, -0.2) is 53.5 Å². The van der Waals surface area contributed by atoms with Gasteiger partial charge in [-0.25, -0.2) is 0 Å². The Morgan fingerprint density at radius 2 is 2.27 bits per heavy atom. The highest BCUT2D eigenvalue weighted by Crippen LogP contribution is 2.38. The standard InChI is InChI=1S/C20H27N5O/c1-4-5-10-20(22-23-20)11-8-18(26)25(3)15-17-9-13-24(2)19(17)16-7-6-12-21-14-16/h1,6-7,12,14,17,19H,5,8-11,13,15H2,2-3H3/t17-,19-/m0/s1. The van der Waals surface area contributed by atoms with Crippen molar-refractivity contribution in [3.8, 4) is 12.3 Å². The molecule has 0 radical (unpaired) electrons. The number of nitrogens with zero attached hydrogens (tertiary/aromatic N) is 5. The summed E-state index contributed by atoms with van der Waals surface area (Å²) in [6.07, 6.45) is 12.7. The Morgan fingerprint density at radius 1 is 1.46 bits per heavy atom. The van der Waals surface area contributed by atoms with Crippen LogP contribution in [0.4, 0.5) is 0 Å². The fraction of sp³-hybridized carbons (Fsp3) is 0.600. The van der Waals surface area contributed by atoms with Crippen LogP contribution in [0.3, 0.4) is 0 Å². The zero-order valence-corrected chi connectivity index (χ0v) is 15.6. The van der Waals surface area contributed by atoms with Gasteiger partial charge in [-0.15, -0.1) is 12.3 Å². The van der Waals surface area contributed by atoms with Crippen molar-refractivity contribution < 1.29 is 4.79 Å². The summed E-state index contributed by atoms with van der Waals surface area (Å²) in [5, 5.41) is 8.23. The fourth-order valence-corrected chi connectivity index (χ4v) is 3.91. The monoisotopic (exact) mass is 353 g/mol. The van der Waals surface area contributed by atoms with Gasteiger partial charge in [0.1, 0.15) is 0 Å². The van der Waals surface area contributed by atoms with Crippen LogP contribution in [0.25, 0.3) is 0 Å². The van der Waals surface area contributed by atoms with Crippen LogP contribution in [0.15, 0.2) is 34.8 Å². The molecule has 1 saturated heterocycles. The Bertz CT molecular complexity index is 690. The van der Waals surface area contributed by atoms with Gasteiger partial charge in [0.15, 0.2) is 5.66 Å². The van der Waals surface area contributed by atoms with Gasteiger partial charge < -0.3 is 4.90 Å². The van der Waals surface area contributed by atoms with Crippen molar-refractivity contribution in [1.82, 2.24) is 14.8 Å². The van der Waals surface area contributed by atoms with Gasteiger partial charge in [0.05, 0.1) is 0 Å². The minimum absolute atomic E-state index is 0.155. The third-order valence-electron chi connectivity index (χ3n) is 5.53. The lowest BCUT2D eigenvalue weighted by atomic mass is 9.94. The molecule has 6 nitrogen and oxygen atoms in total. The number of pyridine rings is 1. The second-order valence-electron chi connectivity index (χ2n) is 7.42. The molecule has 1 amide bonds. The number of carbonyl (C=O) groups excluding carboxylic acids is 1. The number of carbonyl (C=O) groups is 1. The van der Waals surface area contributed by atoms with E-state index in [1.165, 1.54) is 5.56 Å². The highest BCUT2D eigenvalue weighted by molar-refractivity contribution is 5.76. The van der Waals surface area contributed by atoms with Crippen LogP contribution in [0.2, 0.25) is 0 Å². The predicted molar refractivity (Wildman–Crippen MR) is 100 cm³/mol. The molecule has 0 aliphatic carbocycles. The second-order valence-corrected chi connectivity index (χ2v) is 7.42. The van der Waals surface area contributed by atoms with E-state index in [0.29, 0.717) is 31.2 Å². The van der Waals surface area contributed by atoms with Crippen LogP contribution in [0.5, 0.6) is 0 Å². The molecule has 1 fully saturated rings. The fourth-order valence-electron chi connectivity index (χ4n) is 3.91. The molecule has 0 N–H and O–H groups in total. The summed E-state index contributed by atoms with van der Waals surface area (Å²) in [4.78, 5) is 21.1. The lowest BCUT2D eigenvalue weighted by Crippen LogP contribution is -2.34. The van der Waals surface area contributed by atoms with Crippen LogP contribution in [-0.2, 0) is 4.79 Å². The molecule has 3 rings (SSSR count). The third kappa shape index (κ3) is 4.28. The first-order valence-corrected chi connectivity index (χ1v) is 9.26. The normalized spacial score (nSPS) is 23.6. The average Bonchev–Trinajstić information content (AvgIpc) is 3.34. The summed E-state index contributed by atoms with van der Waals surface area (Å²) < 4.78 is 0. The molecule has 0 saturated carbocycles. The molecule has 6 heteroatoms. The smallest absolute Gasteiger partial charge is 0.222 e. The summed E-state index contributed by atoms with van der Waals surface area (Å²) in [5.41, 5.74) is 0.844. The molecule has 1 aromatic rings. The molecule has 2 aliphatic heterocycles. The average molecular weight is 353 g/mol. The molecule has 26 heavy (non-hydrogen) atoms. The summed E-state index contributed by atoms with van der Waals surface area (Å²) >= 11 is 0. The number of terminal acetylenes is 1. The topological polar surface area (TPSA) is 61.2 Å². The first kappa shape index (κ1) is 18.5. The summed E-state index contributed by atoms with van der Waals surface area (Å²) in [6, 6.07) is 4.42. The molecule has 138 valence electrons. The molecule has 0 aromatic carbocycles. The van der Waals surface area contributed by atoms with Crippen molar-refractivity contribution in [2.45, 2.75) is 43.8 Å². The minimum atomic E-state index is -0.380. The van der Waals surface area contributed by atoms with E-state index in [9.17, 15) is 4.79 Å². The Balaban J connectivity index is 1.53. The van der Waals surface area contributed by atoms with Gasteiger partial charge in [-0.2, -0.15) is 10.2 Å². The van der Waals surface area contributed by atoms with Crippen molar-refractivity contribution in [2.24, 2.45) is 16.1 Å². The SMILES string of the molecule is C#CCCC1(CCC(=O)N(C)C[C@@H]2CCN(C)[C@H]2c2cccnc2)N=N1. The number of likely N-dealkylation sites (tertiary alicyclic amines) is 1. The van der Waals surface area contributed by atoms with Crippen LogP contribution < -0.4 is 0 Å². The highest BCUT2D eigenvalue weighted by atomic mass is 16.2. The molecule has 1 aromatic heterocycles. The van der Waals surface area contributed by atoms with E-state index in [-0.39, 0.29) is 11.6 Å². The zero-order valence-electron chi connectivity index (χ0n) is 15.6. The Kier molecular flexibility index (Phi) is 5.67. The van der Waals surface area contributed by atoms with Gasteiger partial charge in [0.25, 0.3) is 0 Å². The number of hydrogen-bond acceptors (Lipinski definition) is 5. The lowest BCUT2D eigenvalue weighted by molar-refractivity contribution is -0.130. The molecule has 0 bridgehead atoms. The molecule has 3 heterocycles. The third-order valence-corrected chi connectivity index (χ3v) is 5.53. The van der Waals surface area contributed by atoms with Crippen molar-refractivity contribution >= 4 is 5.91 Å². The van der Waals surface area contributed by atoms with E-state index < -0.39 is 0 Å². The van der Waals surface area contributed by atoms with Crippen LogP contribution in [0.1, 0.15) is 43.7 Å². The van der Waals surface area contributed by atoms with Gasteiger partial charge in [-0.3, -0.25) is 14.7 Å². The van der Waals surface area contributed by atoms with Gasteiger partial charge in [0.2, 0.25) is 5.91 Å². The summed E-state index contributed by atoms with van der Waals surface area (Å²) in [7, 11) is 4.04. The molecular weight excluding hydrogens is 326 g/mol. The summed E-state index contributed by atoms with van der Waals surface area (Å²) in [6.45, 7) is 1.80. The van der Waals surface area contributed by atoms with Gasteiger partial charge in [-0.05, 0) is 37.6 Å². The number of hydrogen-bond donors (Lipinski definition) is 0. The molecule has 2 aliphatic rings. The number of aromatic nitrogens is 1. The van der Waals surface area contributed by atoms with Gasteiger partial charge in [-0.1, -0.05) is 6.07 Å². The largest absolute Gasteiger partial charge is 0.345 e. The van der Waals surface area contributed by atoms with E-state index in [1.807, 2.05) is 24.2 Å². The first-order chi connectivity index (χ1) is 12.5. The molecule has 2 atom stereocenters. The quantitative estimate of drug-likeness (QED) is 0.675. The number of rotatable bonds is 8. The Labute approximate surface area is 155 Å². The predicted octanol–water partition coefficient (Wildman–Crippen LogP) is 2.89. The van der Waals surface area contributed by atoms with Crippen LogP contribution >= 0.6 is 0 Å².